The first kappa shape index (κ1) is 21.0. The van der Waals surface area contributed by atoms with E-state index in [0.29, 0.717) is 10.6 Å². The van der Waals surface area contributed by atoms with Gasteiger partial charge in [-0.3, -0.25) is 14.4 Å². The van der Waals surface area contributed by atoms with E-state index in [1.54, 1.807) is 24.3 Å². The summed E-state index contributed by atoms with van der Waals surface area (Å²) in [6, 6.07) is 6.32. The fourth-order valence-corrected chi connectivity index (χ4v) is 2.27. The van der Waals surface area contributed by atoms with Crippen LogP contribution in [-0.2, 0) is 14.3 Å². The van der Waals surface area contributed by atoms with E-state index in [2.05, 4.69) is 17.6 Å². The van der Waals surface area contributed by atoms with Crippen LogP contribution in [0, 0.1) is 0 Å². The van der Waals surface area contributed by atoms with Crippen molar-refractivity contribution in [1.29, 1.82) is 0 Å². The molecule has 0 fully saturated rings. The van der Waals surface area contributed by atoms with E-state index >= 15 is 0 Å². The zero-order valence-corrected chi connectivity index (χ0v) is 15.4. The Morgan fingerprint density at radius 2 is 1.84 bits per heavy atom. The molecule has 0 heterocycles. The first-order valence-electron chi connectivity index (χ1n) is 8.41. The van der Waals surface area contributed by atoms with Crippen LogP contribution in [0.2, 0.25) is 5.02 Å². The molecule has 0 saturated heterocycles. The maximum Gasteiger partial charge on any atom is 0.325 e. The molecule has 25 heavy (non-hydrogen) atoms. The number of halogens is 1. The van der Waals surface area contributed by atoms with Gasteiger partial charge in [0.2, 0.25) is 0 Å². The Balaban J connectivity index is 2.22. The van der Waals surface area contributed by atoms with Crippen molar-refractivity contribution in [1.82, 2.24) is 10.6 Å². The van der Waals surface area contributed by atoms with Gasteiger partial charge in [-0.05, 0) is 37.6 Å². The Bertz CT molecular complexity index is 575. The first-order valence-corrected chi connectivity index (χ1v) is 8.79. The van der Waals surface area contributed by atoms with Gasteiger partial charge in [0.15, 0.2) is 6.61 Å². The van der Waals surface area contributed by atoms with Gasteiger partial charge in [0.1, 0.15) is 6.54 Å². The van der Waals surface area contributed by atoms with E-state index in [4.69, 9.17) is 16.3 Å². The van der Waals surface area contributed by atoms with E-state index in [-0.39, 0.29) is 25.1 Å². The summed E-state index contributed by atoms with van der Waals surface area (Å²) in [4.78, 5) is 35.1. The molecule has 0 spiro atoms. The van der Waals surface area contributed by atoms with Crippen molar-refractivity contribution < 1.29 is 19.1 Å². The SMILES string of the molecule is CCCCC[C@H](C)NC(=O)COC(=O)CNC(=O)c1ccc(Cl)cc1. The lowest BCUT2D eigenvalue weighted by Gasteiger charge is -2.13. The molecular formula is C18H25ClN2O4. The number of esters is 1. The molecular weight excluding hydrogens is 344 g/mol. The summed E-state index contributed by atoms with van der Waals surface area (Å²) in [5.41, 5.74) is 0.385. The fraction of sp³-hybridized carbons (Fsp3) is 0.500. The van der Waals surface area contributed by atoms with E-state index in [9.17, 15) is 14.4 Å². The monoisotopic (exact) mass is 368 g/mol. The minimum atomic E-state index is -0.670. The number of carbonyl (C=O) groups excluding carboxylic acids is 3. The molecule has 0 saturated carbocycles. The molecule has 2 N–H and O–H groups in total. The third-order valence-corrected chi connectivity index (χ3v) is 3.76. The summed E-state index contributed by atoms with van der Waals surface area (Å²) in [5.74, 6) is -1.43. The van der Waals surface area contributed by atoms with Gasteiger partial charge in [0.05, 0.1) is 0 Å². The van der Waals surface area contributed by atoms with Gasteiger partial charge in [0, 0.05) is 16.6 Å². The summed E-state index contributed by atoms with van der Waals surface area (Å²) in [5, 5.41) is 5.72. The summed E-state index contributed by atoms with van der Waals surface area (Å²) in [6.07, 6.45) is 4.20. The largest absolute Gasteiger partial charge is 0.454 e. The number of nitrogens with one attached hydrogen (secondary N) is 2. The zero-order valence-electron chi connectivity index (χ0n) is 14.6. The van der Waals surface area contributed by atoms with Crippen LogP contribution >= 0.6 is 11.6 Å². The molecule has 1 aromatic carbocycles. The van der Waals surface area contributed by atoms with Crippen LogP contribution in [0.5, 0.6) is 0 Å². The second-order valence-electron chi connectivity index (χ2n) is 5.81. The third kappa shape index (κ3) is 9.10. The molecule has 6 nitrogen and oxygen atoms in total. The fourth-order valence-electron chi connectivity index (χ4n) is 2.14. The van der Waals surface area contributed by atoms with Crippen molar-refractivity contribution in [3.63, 3.8) is 0 Å². The van der Waals surface area contributed by atoms with Crippen molar-refractivity contribution in [3.05, 3.63) is 34.9 Å². The highest BCUT2D eigenvalue weighted by Crippen LogP contribution is 2.09. The van der Waals surface area contributed by atoms with Crippen LogP contribution in [0.4, 0.5) is 0 Å². The Morgan fingerprint density at radius 1 is 1.16 bits per heavy atom. The number of unbranched alkanes of at least 4 members (excludes halogenated alkanes) is 2. The van der Waals surface area contributed by atoms with E-state index < -0.39 is 11.9 Å². The number of amides is 2. The molecule has 7 heteroatoms. The van der Waals surface area contributed by atoms with Crippen LogP contribution in [0.15, 0.2) is 24.3 Å². The third-order valence-electron chi connectivity index (χ3n) is 3.51. The molecule has 0 aliphatic rings. The lowest BCUT2D eigenvalue weighted by molar-refractivity contribution is -0.147. The van der Waals surface area contributed by atoms with Gasteiger partial charge >= 0.3 is 5.97 Å². The van der Waals surface area contributed by atoms with Crippen molar-refractivity contribution in [2.24, 2.45) is 0 Å². The number of hydrogen-bond donors (Lipinski definition) is 2. The maximum absolute atomic E-state index is 11.8. The molecule has 0 bridgehead atoms. The summed E-state index contributed by atoms with van der Waals surface area (Å²) in [7, 11) is 0. The van der Waals surface area contributed by atoms with Crippen LogP contribution in [0.25, 0.3) is 0 Å². The van der Waals surface area contributed by atoms with Crippen molar-refractivity contribution in [2.75, 3.05) is 13.2 Å². The average Bonchev–Trinajstić information content (AvgIpc) is 2.58. The summed E-state index contributed by atoms with van der Waals surface area (Å²) < 4.78 is 4.85. The van der Waals surface area contributed by atoms with Crippen LogP contribution in [-0.4, -0.2) is 37.0 Å². The summed E-state index contributed by atoms with van der Waals surface area (Å²) >= 11 is 5.74. The van der Waals surface area contributed by atoms with Gasteiger partial charge in [-0.25, -0.2) is 0 Å². The number of carbonyl (C=O) groups is 3. The second-order valence-corrected chi connectivity index (χ2v) is 6.25. The van der Waals surface area contributed by atoms with E-state index in [1.807, 2.05) is 6.92 Å². The molecule has 2 amide bonds. The normalized spacial score (nSPS) is 11.5. The summed E-state index contributed by atoms with van der Waals surface area (Å²) in [6.45, 7) is 3.38. The van der Waals surface area contributed by atoms with E-state index in [0.717, 1.165) is 25.7 Å². The molecule has 0 aliphatic heterocycles. The van der Waals surface area contributed by atoms with Gasteiger partial charge in [-0.1, -0.05) is 37.8 Å². The number of rotatable bonds is 10. The van der Waals surface area contributed by atoms with Crippen LogP contribution < -0.4 is 10.6 Å². The molecule has 1 rings (SSSR count). The predicted molar refractivity (Wildman–Crippen MR) is 96.5 cm³/mol. The molecule has 1 aromatic rings. The molecule has 0 radical (unpaired) electrons. The van der Waals surface area contributed by atoms with Crippen molar-refractivity contribution >= 4 is 29.4 Å². The maximum atomic E-state index is 11.8. The Hall–Kier alpha value is -2.08. The number of benzene rings is 1. The highest BCUT2D eigenvalue weighted by atomic mass is 35.5. The van der Waals surface area contributed by atoms with E-state index in [1.165, 1.54) is 0 Å². The Morgan fingerprint density at radius 3 is 2.48 bits per heavy atom. The molecule has 138 valence electrons. The molecule has 1 atom stereocenters. The van der Waals surface area contributed by atoms with Crippen molar-refractivity contribution in [2.45, 2.75) is 45.6 Å². The second kappa shape index (κ2) is 11.5. The van der Waals surface area contributed by atoms with Crippen LogP contribution in [0.3, 0.4) is 0 Å². The quantitative estimate of drug-likeness (QED) is 0.491. The Labute approximate surface area is 153 Å². The Kier molecular flexibility index (Phi) is 9.62. The highest BCUT2D eigenvalue weighted by Gasteiger charge is 2.12. The average molecular weight is 369 g/mol. The predicted octanol–water partition coefficient (Wildman–Crippen LogP) is 2.70. The van der Waals surface area contributed by atoms with Gasteiger partial charge < -0.3 is 15.4 Å². The zero-order chi connectivity index (χ0) is 18.7. The molecule has 0 unspecified atom stereocenters. The minimum absolute atomic E-state index is 0.0439. The smallest absolute Gasteiger partial charge is 0.325 e. The van der Waals surface area contributed by atoms with Gasteiger partial charge in [-0.2, -0.15) is 0 Å². The van der Waals surface area contributed by atoms with Crippen LogP contribution in [0.1, 0.15) is 49.9 Å². The molecule has 0 aliphatic carbocycles. The number of ether oxygens (including phenoxy) is 1. The standard InChI is InChI=1S/C18H25ClN2O4/c1-3-4-5-6-13(2)21-16(22)12-25-17(23)11-20-18(24)14-7-9-15(19)10-8-14/h7-10,13H,3-6,11-12H2,1-2H3,(H,20,24)(H,21,22)/t13-/m0/s1. The van der Waals surface area contributed by atoms with Crippen molar-refractivity contribution in [3.8, 4) is 0 Å². The highest BCUT2D eigenvalue weighted by molar-refractivity contribution is 6.30. The lowest BCUT2D eigenvalue weighted by Crippen LogP contribution is -2.37. The van der Waals surface area contributed by atoms with Gasteiger partial charge in [-0.15, -0.1) is 0 Å². The topological polar surface area (TPSA) is 84.5 Å². The minimum Gasteiger partial charge on any atom is -0.454 e. The van der Waals surface area contributed by atoms with Gasteiger partial charge in [0.25, 0.3) is 11.8 Å². The molecule has 0 aromatic heterocycles. The number of hydrogen-bond acceptors (Lipinski definition) is 4. The first-order chi connectivity index (χ1) is 11.9. The lowest BCUT2D eigenvalue weighted by atomic mass is 10.1.